The molecule has 4 rings (SSSR count). The van der Waals surface area contributed by atoms with Gasteiger partial charge in [0, 0.05) is 35.1 Å². The summed E-state index contributed by atoms with van der Waals surface area (Å²) in [5, 5.41) is 5.35. The molecule has 188 valence electrons. The quantitative estimate of drug-likeness (QED) is 0.460. The number of anilines is 2. The van der Waals surface area contributed by atoms with Crippen LogP contribution >= 0.6 is 0 Å². The lowest BCUT2D eigenvalue weighted by molar-refractivity contribution is -0.127. The first-order valence-corrected chi connectivity index (χ1v) is 11.9. The Morgan fingerprint density at radius 1 is 1.17 bits per heavy atom. The number of urea groups is 1. The van der Waals surface area contributed by atoms with Crippen molar-refractivity contribution in [1.29, 1.82) is 0 Å². The second-order valence-electron chi connectivity index (χ2n) is 9.58. The average molecular weight is 489 g/mol. The molecule has 0 spiro atoms. The number of carbonyl (C=O) groups is 3. The van der Waals surface area contributed by atoms with Crippen LogP contribution in [-0.2, 0) is 9.59 Å². The van der Waals surface area contributed by atoms with Gasteiger partial charge < -0.3 is 20.3 Å². The van der Waals surface area contributed by atoms with Crippen LogP contribution in [0, 0.1) is 6.92 Å². The van der Waals surface area contributed by atoms with Gasteiger partial charge in [0.1, 0.15) is 18.0 Å². The molecular weight excluding hydrogens is 456 g/mol. The molecule has 0 radical (unpaired) electrons. The van der Waals surface area contributed by atoms with E-state index in [0.717, 1.165) is 33.8 Å². The molecule has 4 amide bonds. The van der Waals surface area contributed by atoms with E-state index in [1.165, 1.54) is 0 Å². The highest BCUT2D eigenvalue weighted by molar-refractivity contribution is 6.16. The zero-order chi connectivity index (χ0) is 26.2. The zero-order valence-electron chi connectivity index (χ0n) is 21.6. The molecule has 0 saturated carbocycles. The van der Waals surface area contributed by atoms with Gasteiger partial charge >= 0.3 is 6.03 Å². The molecule has 2 aliphatic rings. The molecule has 2 heterocycles. The predicted octanol–water partition coefficient (Wildman–Crippen LogP) is 4.56. The number of amides is 4. The van der Waals surface area contributed by atoms with Crippen molar-refractivity contribution in [3.8, 4) is 5.75 Å². The number of likely N-dealkylation sites (N-methyl/N-ethyl adjacent to an activating group) is 1. The van der Waals surface area contributed by atoms with Crippen molar-refractivity contribution in [3.63, 3.8) is 0 Å². The smallest absolute Gasteiger partial charge is 0.329 e. The number of hydrogen-bond donors (Lipinski definition) is 2. The molecule has 2 aromatic carbocycles. The number of fused-ring (bicyclic) bond motifs is 1. The maximum Gasteiger partial charge on any atom is 0.329 e. The number of aryl methyl sites for hydroxylation is 1. The third kappa shape index (κ3) is 4.58. The Kier molecular flexibility index (Phi) is 6.63. The van der Waals surface area contributed by atoms with Crippen LogP contribution in [0.2, 0.25) is 0 Å². The number of benzene rings is 2. The molecule has 8 nitrogen and oxygen atoms in total. The number of nitrogens with one attached hydrogen (secondary N) is 2. The van der Waals surface area contributed by atoms with Crippen molar-refractivity contribution in [2.45, 2.75) is 40.2 Å². The summed E-state index contributed by atoms with van der Waals surface area (Å²) in [6.07, 6.45) is 3.82. The van der Waals surface area contributed by atoms with Gasteiger partial charge in [-0.25, -0.2) is 9.69 Å². The molecule has 36 heavy (non-hydrogen) atoms. The van der Waals surface area contributed by atoms with Crippen LogP contribution in [-0.4, -0.2) is 48.5 Å². The molecule has 0 unspecified atom stereocenters. The number of methoxy groups -OCH3 is 1. The summed E-state index contributed by atoms with van der Waals surface area (Å²) < 4.78 is 5.66. The molecule has 2 N–H and O–H groups in total. The number of hydrogen-bond acceptors (Lipinski definition) is 5. The Balaban J connectivity index is 1.61. The third-order valence-electron chi connectivity index (χ3n) is 6.63. The lowest BCUT2D eigenvalue weighted by atomic mass is 9.87. The maximum absolute atomic E-state index is 13.0. The van der Waals surface area contributed by atoms with E-state index in [2.05, 4.69) is 49.3 Å². The predicted molar refractivity (Wildman–Crippen MR) is 142 cm³/mol. The van der Waals surface area contributed by atoms with Crippen molar-refractivity contribution < 1.29 is 19.1 Å². The van der Waals surface area contributed by atoms with E-state index >= 15 is 0 Å². The largest absolute Gasteiger partial charge is 0.496 e. The van der Waals surface area contributed by atoms with Crippen LogP contribution in [0.4, 0.5) is 16.2 Å². The SMILES string of the molecule is CCN1c2cc(OC)c(/C=C3/NC(=O)N(CC(=O)Nc4ccccc4C)C3=O)cc2C(C)=CC1(C)C. The zero-order valence-corrected chi connectivity index (χ0v) is 21.6. The molecule has 0 atom stereocenters. The van der Waals surface area contributed by atoms with Gasteiger partial charge in [0.15, 0.2) is 0 Å². The Morgan fingerprint density at radius 3 is 2.56 bits per heavy atom. The molecule has 0 aromatic heterocycles. The second kappa shape index (κ2) is 9.53. The molecule has 0 bridgehead atoms. The Labute approximate surface area is 211 Å². The number of imide groups is 1. The van der Waals surface area contributed by atoms with E-state index in [0.29, 0.717) is 17.0 Å². The highest BCUT2D eigenvalue weighted by Crippen LogP contribution is 2.42. The van der Waals surface area contributed by atoms with Crippen LogP contribution < -0.4 is 20.3 Å². The fraction of sp³-hybridized carbons (Fsp3) is 0.321. The third-order valence-corrected chi connectivity index (χ3v) is 6.63. The maximum atomic E-state index is 13.0. The lowest BCUT2D eigenvalue weighted by Gasteiger charge is -2.43. The number of carbonyl (C=O) groups excluding carboxylic acids is 3. The Hall–Kier alpha value is -4.07. The number of rotatable bonds is 6. The summed E-state index contributed by atoms with van der Waals surface area (Å²) in [6.45, 7) is 10.8. The minimum absolute atomic E-state index is 0.0899. The van der Waals surface area contributed by atoms with Gasteiger partial charge in [-0.2, -0.15) is 0 Å². The number of nitrogens with zero attached hydrogens (tertiary/aromatic N) is 2. The van der Waals surface area contributed by atoms with E-state index in [1.54, 1.807) is 25.3 Å². The van der Waals surface area contributed by atoms with Crippen molar-refractivity contribution in [2.75, 3.05) is 30.4 Å². The van der Waals surface area contributed by atoms with Gasteiger partial charge in [-0.3, -0.25) is 9.59 Å². The van der Waals surface area contributed by atoms with Crippen LogP contribution in [0.5, 0.6) is 5.75 Å². The lowest BCUT2D eigenvalue weighted by Crippen LogP contribution is -2.44. The fourth-order valence-electron chi connectivity index (χ4n) is 4.91. The monoisotopic (exact) mass is 488 g/mol. The summed E-state index contributed by atoms with van der Waals surface area (Å²) >= 11 is 0. The summed E-state index contributed by atoms with van der Waals surface area (Å²) in [7, 11) is 1.58. The standard InChI is InChI=1S/C28H32N4O4/c1-7-32-23-14-24(36-6)19(12-20(23)18(3)15-28(32,4)5)13-22-26(34)31(27(35)30-22)16-25(33)29-21-11-9-8-10-17(21)2/h8-15H,7,16H2,1-6H3,(H,29,33)(H,30,35)/b22-13+. The Bertz CT molecular complexity index is 1310. The molecule has 1 saturated heterocycles. The first-order valence-electron chi connectivity index (χ1n) is 11.9. The minimum atomic E-state index is -0.641. The normalized spacial score (nSPS) is 17.6. The van der Waals surface area contributed by atoms with Crippen molar-refractivity contribution >= 4 is 40.9 Å². The van der Waals surface area contributed by atoms with Crippen molar-refractivity contribution in [2.24, 2.45) is 0 Å². The summed E-state index contributed by atoms with van der Waals surface area (Å²) in [5.74, 6) is -0.435. The van der Waals surface area contributed by atoms with E-state index in [1.807, 2.05) is 31.2 Å². The van der Waals surface area contributed by atoms with Crippen LogP contribution in [0.3, 0.4) is 0 Å². The molecule has 1 fully saturated rings. The first kappa shape index (κ1) is 25.0. The average Bonchev–Trinajstić information content (AvgIpc) is 3.07. The molecule has 8 heteroatoms. The molecular formula is C28H32N4O4. The second-order valence-corrected chi connectivity index (χ2v) is 9.58. The highest BCUT2D eigenvalue weighted by Gasteiger charge is 2.36. The summed E-state index contributed by atoms with van der Waals surface area (Å²) in [4.78, 5) is 41.4. The van der Waals surface area contributed by atoms with E-state index in [-0.39, 0.29) is 17.8 Å². The summed E-state index contributed by atoms with van der Waals surface area (Å²) in [6, 6.07) is 10.6. The number of allylic oxidation sites excluding steroid dienone is 1. The van der Waals surface area contributed by atoms with Gasteiger partial charge in [0.2, 0.25) is 5.91 Å². The fourth-order valence-corrected chi connectivity index (χ4v) is 4.91. The van der Waals surface area contributed by atoms with Gasteiger partial charge in [0.05, 0.1) is 12.6 Å². The van der Waals surface area contributed by atoms with E-state index in [4.69, 9.17) is 4.74 Å². The Morgan fingerprint density at radius 2 is 1.89 bits per heavy atom. The first-order chi connectivity index (χ1) is 17.1. The minimum Gasteiger partial charge on any atom is -0.496 e. The van der Waals surface area contributed by atoms with Crippen LogP contribution in [0.15, 0.2) is 48.2 Å². The van der Waals surface area contributed by atoms with E-state index < -0.39 is 17.8 Å². The molecule has 2 aromatic rings. The van der Waals surface area contributed by atoms with Crippen molar-refractivity contribution in [3.05, 3.63) is 64.9 Å². The van der Waals surface area contributed by atoms with Crippen LogP contribution in [0.25, 0.3) is 11.6 Å². The highest BCUT2D eigenvalue weighted by atomic mass is 16.5. The molecule has 0 aliphatic carbocycles. The van der Waals surface area contributed by atoms with Gasteiger partial charge in [-0.05, 0) is 64.0 Å². The van der Waals surface area contributed by atoms with Crippen molar-refractivity contribution in [1.82, 2.24) is 10.2 Å². The number of ether oxygens (including phenoxy) is 1. The van der Waals surface area contributed by atoms with Gasteiger partial charge in [-0.1, -0.05) is 24.3 Å². The van der Waals surface area contributed by atoms with Gasteiger partial charge in [0.25, 0.3) is 5.91 Å². The summed E-state index contributed by atoms with van der Waals surface area (Å²) in [5.41, 5.74) is 5.34. The van der Waals surface area contributed by atoms with Gasteiger partial charge in [-0.15, -0.1) is 0 Å². The molecule has 2 aliphatic heterocycles. The number of para-hydroxylation sites is 1. The van der Waals surface area contributed by atoms with E-state index in [9.17, 15) is 14.4 Å². The topological polar surface area (TPSA) is 91.0 Å². The van der Waals surface area contributed by atoms with Crippen LogP contribution in [0.1, 0.15) is 44.4 Å².